The summed E-state index contributed by atoms with van der Waals surface area (Å²) in [5, 5.41) is 10.1. The standard InChI is InChI=1S/C35H52N4O6/c1-35(2,38-34(40)37-27-12-17-43-18-13-27)22-28-21-30(26-7-9-29(42-4)10-8-26)33(23-36-28)45-24-25-6-11-32-31(20-25)39(15-19-44-32)14-5-16-41-3/h6-11,20,27-28,30,33,36H,5,12-19,21-24H2,1-4H3,(H2,37,38,40)/t28-,30+,33-/m0/s1. The Hall–Kier alpha value is -3.05. The highest BCUT2D eigenvalue weighted by Gasteiger charge is 2.35. The molecule has 45 heavy (non-hydrogen) atoms. The zero-order valence-corrected chi connectivity index (χ0v) is 27.4. The average molecular weight is 625 g/mol. The van der Waals surface area contributed by atoms with E-state index in [1.165, 1.54) is 5.56 Å². The second kappa shape index (κ2) is 16.0. The normalized spacial score (nSPS) is 22.3. The van der Waals surface area contributed by atoms with Crippen LogP contribution in [0.4, 0.5) is 10.5 Å². The Morgan fingerprint density at radius 1 is 1.09 bits per heavy atom. The largest absolute Gasteiger partial charge is 0.497 e. The first-order valence-corrected chi connectivity index (χ1v) is 16.5. The summed E-state index contributed by atoms with van der Waals surface area (Å²) in [6.45, 7) is 10.1. The number of piperidine rings is 1. The van der Waals surface area contributed by atoms with Crippen LogP contribution >= 0.6 is 0 Å². The molecule has 3 atom stereocenters. The molecule has 2 aromatic carbocycles. The van der Waals surface area contributed by atoms with Crippen LogP contribution in [0.15, 0.2) is 42.5 Å². The van der Waals surface area contributed by atoms with Gasteiger partial charge in [-0.15, -0.1) is 0 Å². The summed E-state index contributed by atoms with van der Waals surface area (Å²) in [6.07, 6.45) is 4.38. The minimum Gasteiger partial charge on any atom is -0.497 e. The van der Waals surface area contributed by atoms with Gasteiger partial charge in [-0.2, -0.15) is 0 Å². The third-order valence-electron chi connectivity index (χ3n) is 9.13. The van der Waals surface area contributed by atoms with Crippen LogP contribution in [0.25, 0.3) is 0 Å². The molecule has 2 fully saturated rings. The first-order valence-electron chi connectivity index (χ1n) is 16.5. The summed E-state index contributed by atoms with van der Waals surface area (Å²) in [7, 11) is 3.44. The Labute approximate surface area is 268 Å². The molecular weight excluding hydrogens is 572 g/mol. The van der Waals surface area contributed by atoms with Crippen LogP contribution in [-0.4, -0.2) is 90.0 Å². The Morgan fingerprint density at radius 3 is 2.64 bits per heavy atom. The van der Waals surface area contributed by atoms with E-state index in [-0.39, 0.29) is 35.7 Å². The van der Waals surface area contributed by atoms with Crippen LogP contribution in [0.3, 0.4) is 0 Å². The summed E-state index contributed by atoms with van der Waals surface area (Å²) in [5.74, 6) is 1.97. The molecule has 248 valence electrons. The van der Waals surface area contributed by atoms with Crippen LogP contribution in [0, 0.1) is 0 Å². The number of anilines is 1. The Kier molecular flexibility index (Phi) is 11.8. The molecule has 0 aliphatic carbocycles. The molecule has 3 N–H and O–H groups in total. The lowest BCUT2D eigenvalue weighted by Gasteiger charge is -2.40. The fourth-order valence-electron chi connectivity index (χ4n) is 6.78. The molecule has 0 unspecified atom stereocenters. The minimum atomic E-state index is -0.384. The smallest absolute Gasteiger partial charge is 0.315 e. The van der Waals surface area contributed by atoms with Crippen molar-refractivity contribution in [1.29, 1.82) is 0 Å². The zero-order chi connectivity index (χ0) is 31.6. The number of benzene rings is 2. The van der Waals surface area contributed by atoms with Gasteiger partial charge in [-0.1, -0.05) is 18.2 Å². The second-order valence-corrected chi connectivity index (χ2v) is 13.1. The lowest BCUT2D eigenvalue weighted by molar-refractivity contribution is 0.000592. The molecule has 10 nitrogen and oxygen atoms in total. The molecule has 0 bridgehead atoms. The predicted octanol–water partition coefficient (Wildman–Crippen LogP) is 4.61. The number of carbonyl (C=O) groups excluding carboxylic acids is 1. The minimum absolute atomic E-state index is 0.00683. The molecule has 0 saturated carbocycles. The van der Waals surface area contributed by atoms with Crippen molar-refractivity contribution in [2.45, 2.75) is 82.2 Å². The van der Waals surface area contributed by atoms with Crippen molar-refractivity contribution in [1.82, 2.24) is 16.0 Å². The van der Waals surface area contributed by atoms with Crippen LogP contribution in [-0.2, 0) is 20.8 Å². The topological polar surface area (TPSA) is 103 Å². The zero-order valence-electron chi connectivity index (χ0n) is 27.4. The molecule has 10 heteroatoms. The van der Waals surface area contributed by atoms with Crippen molar-refractivity contribution < 1.29 is 28.5 Å². The number of hydrogen-bond acceptors (Lipinski definition) is 8. The lowest BCUT2D eigenvalue weighted by atomic mass is 9.80. The summed E-state index contributed by atoms with van der Waals surface area (Å²) in [6, 6.07) is 15.0. The van der Waals surface area contributed by atoms with E-state index in [4.69, 9.17) is 23.7 Å². The van der Waals surface area contributed by atoms with Gasteiger partial charge in [-0.3, -0.25) is 0 Å². The number of nitrogens with one attached hydrogen (secondary N) is 3. The number of fused-ring (bicyclic) bond motifs is 1. The average Bonchev–Trinajstić information content (AvgIpc) is 3.04. The van der Waals surface area contributed by atoms with Gasteiger partial charge < -0.3 is 44.5 Å². The van der Waals surface area contributed by atoms with Gasteiger partial charge in [0.1, 0.15) is 18.1 Å². The highest BCUT2D eigenvalue weighted by atomic mass is 16.5. The van der Waals surface area contributed by atoms with E-state index < -0.39 is 0 Å². The van der Waals surface area contributed by atoms with Crippen LogP contribution < -0.4 is 30.3 Å². The Bertz CT molecular complexity index is 1220. The molecule has 2 amide bonds. The van der Waals surface area contributed by atoms with Gasteiger partial charge in [0.2, 0.25) is 0 Å². The number of carbonyl (C=O) groups is 1. The monoisotopic (exact) mass is 624 g/mol. The molecule has 2 saturated heterocycles. The van der Waals surface area contributed by atoms with Crippen molar-refractivity contribution in [3.8, 4) is 11.5 Å². The van der Waals surface area contributed by atoms with Crippen molar-refractivity contribution >= 4 is 11.7 Å². The number of nitrogens with zero attached hydrogens (tertiary/aromatic N) is 1. The number of methoxy groups -OCH3 is 2. The predicted molar refractivity (Wildman–Crippen MR) is 176 cm³/mol. The molecule has 3 aliphatic rings. The van der Waals surface area contributed by atoms with Gasteiger partial charge in [-0.05, 0) is 81.3 Å². The number of ether oxygens (including phenoxy) is 5. The van der Waals surface area contributed by atoms with Crippen LogP contribution in [0.5, 0.6) is 11.5 Å². The van der Waals surface area contributed by atoms with E-state index in [1.54, 1.807) is 14.2 Å². The van der Waals surface area contributed by atoms with Gasteiger partial charge in [-0.25, -0.2) is 4.79 Å². The fourth-order valence-corrected chi connectivity index (χ4v) is 6.78. The third kappa shape index (κ3) is 9.48. The molecule has 2 aromatic rings. The maximum absolute atomic E-state index is 12.8. The highest BCUT2D eigenvalue weighted by molar-refractivity contribution is 5.75. The van der Waals surface area contributed by atoms with Gasteiger partial charge >= 0.3 is 6.03 Å². The van der Waals surface area contributed by atoms with E-state index in [0.29, 0.717) is 26.4 Å². The van der Waals surface area contributed by atoms with E-state index in [9.17, 15) is 4.79 Å². The fraction of sp³-hybridized carbons (Fsp3) is 0.629. The maximum Gasteiger partial charge on any atom is 0.315 e. The summed E-state index contributed by atoms with van der Waals surface area (Å²) in [4.78, 5) is 15.2. The summed E-state index contributed by atoms with van der Waals surface area (Å²) >= 11 is 0. The molecule has 3 aliphatic heterocycles. The van der Waals surface area contributed by atoms with E-state index in [0.717, 1.165) is 81.1 Å². The number of hydrogen-bond donors (Lipinski definition) is 3. The van der Waals surface area contributed by atoms with Crippen molar-refractivity contribution in [3.63, 3.8) is 0 Å². The second-order valence-electron chi connectivity index (χ2n) is 13.1. The summed E-state index contributed by atoms with van der Waals surface area (Å²) in [5.41, 5.74) is 3.11. The third-order valence-corrected chi connectivity index (χ3v) is 9.13. The quantitative estimate of drug-likeness (QED) is 0.278. The molecule has 0 spiro atoms. The molecule has 5 rings (SSSR count). The first kappa shape index (κ1) is 33.3. The van der Waals surface area contributed by atoms with Gasteiger partial charge in [0, 0.05) is 63.6 Å². The van der Waals surface area contributed by atoms with E-state index in [2.05, 4.69) is 65.0 Å². The van der Waals surface area contributed by atoms with E-state index in [1.807, 2.05) is 12.1 Å². The van der Waals surface area contributed by atoms with Gasteiger partial charge in [0.15, 0.2) is 0 Å². The van der Waals surface area contributed by atoms with Crippen LogP contribution in [0.2, 0.25) is 0 Å². The maximum atomic E-state index is 12.8. The number of urea groups is 1. The molecule has 0 aromatic heterocycles. The highest BCUT2D eigenvalue weighted by Crippen LogP contribution is 2.36. The van der Waals surface area contributed by atoms with Crippen molar-refractivity contribution in [3.05, 3.63) is 53.6 Å². The van der Waals surface area contributed by atoms with Crippen molar-refractivity contribution in [2.24, 2.45) is 0 Å². The van der Waals surface area contributed by atoms with Crippen LogP contribution in [0.1, 0.15) is 63.0 Å². The SMILES string of the molecule is COCCCN1CCOc2ccc(CO[C@H]3CN[C@H](CC(C)(C)NC(=O)NC4CCOCC4)C[C@@H]3c3ccc(OC)cc3)cc21. The first-order chi connectivity index (χ1) is 21.8. The number of rotatable bonds is 13. The Morgan fingerprint density at radius 2 is 1.89 bits per heavy atom. The van der Waals surface area contributed by atoms with Crippen molar-refractivity contribution in [2.75, 3.05) is 65.2 Å². The Balaban J connectivity index is 1.23. The van der Waals surface area contributed by atoms with Gasteiger partial charge in [0.05, 0.1) is 32.1 Å². The molecular formula is C35H52N4O6. The number of amides is 2. The summed E-state index contributed by atoms with van der Waals surface area (Å²) < 4.78 is 28.8. The molecule has 0 radical (unpaired) electrons. The lowest BCUT2D eigenvalue weighted by Crippen LogP contribution is -2.56. The molecule has 3 heterocycles. The van der Waals surface area contributed by atoms with E-state index >= 15 is 0 Å². The van der Waals surface area contributed by atoms with Gasteiger partial charge in [0.25, 0.3) is 0 Å².